The summed E-state index contributed by atoms with van der Waals surface area (Å²) in [4.78, 5) is 16.4. The summed E-state index contributed by atoms with van der Waals surface area (Å²) in [5.41, 5.74) is 1.59. The maximum absolute atomic E-state index is 12.1. The molecule has 0 N–H and O–H groups in total. The maximum Gasteiger partial charge on any atom is 0.363 e. The van der Waals surface area contributed by atoms with Crippen LogP contribution in [0, 0.1) is 0 Å². The van der Waals surface area contributed by atoms with Crippen molar-refractivity contribution in [3.8, 4) is 17.1 Å². The van der Waals surface area contributed by atoms with Gasteiger partial charge < -0.3 is 13.9 Å². The van der Waals surface area contributed by atoms with Gasteiger partial charge in [-0.1, -0.05) is 29.8 Å². The predicted molar refractivity (Wildman–Crippen MR) is 103 cm³/mol. The largest absolute Gasteiger partial charge is 0.497 e. The Morgan fingerprint density at radius 3 is 2.74 bits per heavy atom. The molecule has 0 unspecified atom stereocenters. The van der Waals surface area contributed by atoms with E-state index in [2.05, 4.69) is 4.99 Å². The number of cyclic esters (lactones) is 1. The fraction of sp³-hybridized carbons (Fsp3) is 0.0476. The standard InChI is InChI=1S/C21H14ClNO4/c1-25-14-6-4-5-13(11-14)20-23-18(21(24)27-20)12-15-9-10-19(26-15)16-7-2-3-8-17(16)22/h2-12H,1H3/b18-12+. The van der Waals surface area contributed by atoms with Gasteiger partial charge in [-0.2, -0.15) is 0 Å². The van der Waals surface area contributed by atoms with Crippen molar-refractivity contribution in [3.63, 3.8) is 0 Å². The first-order valence-corrected chi connectivity index (χ1v) is 8.53. The van der Waals surface area contributed by atoms with Crippen molar-refractivity contribution in [3.05, 3.63) is 82.7 Å². The third kappa shape index (κ3) is 3.50. The summed E-state index contributed by atoms with van der Waals surface area (Å²) in [7, 11) is 1.57. The minimum Gasteiger partial charge on any atom is -0.497 e. The van der Waals surface area contributed by atoms with Crippen LogP contribution < -0.4 is 4.74 Å². The molecule has 2 aromatic carbocycles. The number of carbonyl (C=O) groups is 1. The highest BCUT2D eigenvalue weighted by molar-refractivity contribution is 6.33. The van der Waals surface area contributed by atoms with Crippen LogP contribution in [0.3, 0.4) is 0 Å². The SMILES string of the molecule is COc1cccc(C2=N/C(=C/c3ccc(-c4ccccc4Cl)o3)C(=O)O2)c1. The molecule has 0 fully saturated rings. The number of hydrogen-bond acceptors (Lipinski definition) is 5. The molecule has 0 amide bonds. The first-order chi connectivity index (χ1) is 13.1. The molecule has 6 heteroatoms. The van der Waals surface area contributed by atoms with Crippen LogP contribution in [-0.4, -0.2) is 19.0 Å². The second-order valence-electron chi connectivity index (χ2n) is 5.75. The van der Waals surface area contributed by atoms with Crippen LogP contribution in [-0.2, 0) is 9.53 Å². The van der Waals surface area contributed by atoms with E-state index < -0.39 is 5.97 Å². The molecular weight excluding hydrogens is 366 g/mol. The van der Waals surface area contributed by atoms with E-state index >= 15 is 0 Å². The summed E-state index contributed by atoms with van der Waals surface area (Å²) >= 11 is 6.19. The van der Waals surface area contributed by atoms with E-state index in [0.29, 0.717) is 27.9 Å². The van der Waals surface area contributed by atoms with Gasteiger partial charge in [-0.25, -0.2) is 9.79 Å². The second-order valence-corrected chi connectivity index (χ2v) is 6.16. The number of nitrogens with zero attached hydrogens (tertiary/aromatic N) is 1. The van der Waals surface area contributed by atoms with Gasteiger partial charge in [-0.05, 0) is 42.5 Å². The van der Waals surface area contributed by atoms with E-state index in [0.717, 1.165) is 5.56 Å². The lowest BCUT2D eigenvalue weighted by molar-refractivity contribution is -0.129. The fourth-order valence-corrected chi connectivity index (χ4v) is 2.89. The number of rotatable bonds is 4. The number of esters is 1. The number of furan rings is 1. The zero-order chi connectivity index (χ0) is 18.8. The van der Waals surface area contributed by atoms with Crippen molar-refractivity contribution in [1.82, 2.24) is 0 Å². The molecule has 1 aliphatic heterocycles. The normalized spacial score (nSPS) is 15.0. The van der Waals surface area contributed by atoms with Crippen molar-refractivity contribution < 1.29 is 18.7 Å². The first-order valence-electron chi connectivity index (χ1n) is 8.16. The summed E-state index contributed by atoms with van der Waals surface area (Å²) in [6.07, 6.45) is 1.54. The van der Waals surface area contributed by atoms with Gasteiger partial charge in [0.1, 0.15) is 17.3 Å². The summed E-state index contributed by atoms with van der Waals surface area (Å²) in [5.74, 6) is 1.42. The van der Waals surface area contributed by atoms with Crippen molar-refractivity contribution in [1.29, 1.82) is 0 Å². The Morgan fingerprint density at radius 2 is 1.93 bits per heavy atom. The minimum absolute atomic E-state index is 0.160. The van der Waals surface area contributed by atoms with Crippen LogP contribution in [0.25, 0.3) is 17.4 Å². The molecule has 0 aliphatic carbocycles. The van der Waals surface area contributed by atoms with Crippen molar-refractivity contribution >= 4 is 29.5 Å². The molecular formula is C21H14ClNO4. The van der Waals surface area contributed by atoms with Gasteiger partial charge in [0, 0.05) is 17.2 Å². The lowest BCUT2D eigenvalue weighted by Crippen LogP contribution is -2.05. The van der Waals surface area contributed by atoms with E-state index in [4.69, 9.17) is 25.5 Å². The molecule has 0 saturated carbocycles. The van der Waals surface area contributed by atoms with Gasteiger partial charge in [-0.15, -0.1) is 0 Å². The van der Waals surface area contributed by atoms with Crippen LogP contribution in [0.4, 0.5) is 0 Å². The number of hydrogen-bond donors (Lipinski definition) is 0. The number of aliphatic imine (C=N–C) groups is 1. The van der Waals surface area contributed by atoms with Gasteiger partial charge in [0.15, 0.2) is 5.70 Å². The Labute approximate surface area is 160 Å². The molecule has 3 aromatic rings. The highest BCUT2D eigenvalue weighted by Crippen LogP contribution is 2.30. The Bertz CT molecular complexity index is 1080. The summed E-state index contributed by atoms with van der Waals surface area (Å²) < 4.78 is 16.2. The molecule has 0 atom stereocenters. The van der Waals surface area contributed by atoms with Crippen molar-refractivity contribution in [2.45, 2.75) is 0 Å². The average Bonchev–Trinajstić information content (AvgIpc) is 3.30. The number of halogens is 1. The van der Waals surface area contributed by atoms with Crippen LogP contribution >= 0.6 is 11.6 Å². The Balaban J connectivity index is 1.63. The second kappa shape index (κ2) is 7.13. The molecule has 134 valence electrons. The molecule has 1 aliphatic rings. The molecule has 5 nitrogen and oxygen atoms in total. The topological polar surface area (TPSA) is 61.0 Å². The first kappa shape index (κ1) is 17.1. The predicted octanol–water partition coefficient (Wildman–Crippen LogP) is 4.95. The van der Waals surface area contributed by atoms with Gasteiger partial charge in [-0.3, -0.25) is 0 Å². The number of methoxy groups -OCH3 is 1. The summed E-state index contributed by atoms with van der Waals surface area (Å²) in [6, 6.07) is 18.1. The minimum atomic E-state index is -0.538. The third-order valence-corrected chi connectivity index (χ3v) is 4.31. The van der Waals surface area contributed by atoms with E-state index in [9.17, 15) is 4.79 Å². The molecule has 4 rings (SSSR count). The lowest BCUT2D eigenvalue weighted by Gasteiger charge is -2.02. The molecule has 27 heavy (non-hydrogen) atoms. The van der Waals surface area contributed by atoms with Crippen LogP contribution in [0.15, 0.2) is 75.8 Å². The fourth-order valence-electron chi connectivity index (χ4n) is 2.66. The number of ether oxygens (including phenoxy) is 2. The maximum atomic E-state index is 12.1. The zero-order valence-corrected chi connectivity index (χ0v) is 15.1. The quantitative estimate of drug-likeness (QED) is 0.475. The van der Waals surface area contributed by atoms with Crippen molar-refractivity contribution in [2.75, 3.05) is 7.11 Å². The number of carbonyl (C=O) groups excluding carboxylic acids is 1. The molecule has 0 spiro atoms. The smallest absolute Gasteiger partial charge is 0.363 e. The van der Waals surface area contributed by atoms with Gasteiger partial charge in [0.2, 0.25) is 5.90 Å². The Hall–Kier alpha value is -3.31. The molecule has 0 bridgehead atoms. The average molecular weight is 380 g/mol. The molecule has 0 saturated heterocycles. The lowest BCUT2D eigenvalue weighted by atomic mass is 10.2. The monoisotopic (exact) mass is 379 g/mol. The van der Waals surface area contributed by atoms with Crippen LogP contribution in [0.1, 0.15) is 11.3 Å². The molecule has 1 aromatic heterocycles. The third-order valence-electron chi connectivity index (χ3n) is 3.98. The summed E-state index contributed by atoms with van der Waals surface area (Å²) in [5, 5.41) is 0.588. The van der Waals surface area contributed by atoms with Gasteiger partial charge in [0.25, 0.3) is 0 Å². The van der Waals surface area contributed by atoms with E-state index in [1.165, 1.54) is 6.08 Å². The van der Waals surface area contributed by atoms with Crippen LogP contribution in [0.5, 0.6) is 5.75 Å². The number of benzene rings is 2. The van der Waals surface area contributed by atoms with E-state index in [1.807, 2.05) is 18.2 Å². The zero-order valence-electron chi connectivity index (χ0n) is 14.3. The Kier molecular flexibility index (Phi) is 4.52. The highest BCUT2D eigenvalue weighted by Gasteiger charge is 2.25. The van der Waals surface area contributed by atoms with Gasteiger partial charge >= 0.3 is 5.97 Å². The molecule has 2 heterocycles. The van der Waals surface area contributed by atoms with Gasteiger partial charge in [0.05, 0.1) is 12.1 Å². The Morgan fingerprint density at radius 1 is 1.07 bits per heavy atom. The molecule has 0 radical (unpaired) electrons. The van der Waals surface area contributed by atoms with Crippen molar-refractivity contribution in [2.24, 2.45) is 4.99 Å². The van der Waals surface area contributed by atoms with E-state index in [1.54, 1.807) is 49.6 Å². The van der Waals surface area contributed by atoms with E-state index in [-0.39, 0.29) is 11.6 Å². The summed E-state index contributed by atoms with van der Waals surface area (Å²) in [6.45, 7) is 0. The highest BCUT2D eigenvalue weighted by atomic mass is 35.5. The van der Waals surface area contributed by atoms with Crippen LogP contribution in [0.2, 0.25) is 5.02 Å².